The van der Waals surface area contributed by atoms with E-state index in [0.29, 0.717) is 11.3 Å². The van der Waals surface area contributed by atoms with Crippen molar-refractivity contribution in [3.63, 3.8) is 0 Å². The van der Waals surface area contributed by atoms with Crippen molar-refractivity contribution >= 4 is 34.0 Å². The lowest BCUT2D eigenvalue weighted by Gasteiger charge is -2.30. The van der Waals surface area contributed by atoms with Gasteiger partial charge in [-0.15, -0.1) is 0 Å². The Labute approximate surface area is 173 Å². The second-order valence-electron chi connectivity index (χ2n) is 7.78. The summed E-state index contributed by atoms with van der Waals surface area (Å²) in [6, 6.07) is 6.46. The Morgan fingerprint density at radius 2 is 1.93 bits per heavy atom. The van der Waals surface area contributed by atoms with E-state index in [9.17, 15) is 14.9 Å². The van der Waals surface area contributed by atoms with E-state index in [2.05, 4.69) is 20.3 Å². The largest absolute Gasteiger partial charge is 0.371 e. The van der Waals surface area contributed by atoms with Crippen LogP contribution in [0.1, 0.15) is 49.5 Å². The molecule has 2 aromatic heterocycles. The fourth-order valence-electron chi connectivity index (χ4n) is 3.81. The van der Waals surface area contributed by atoms with Crippen LogP contribution in [0.4, 0.5) is 17.1 Å². The molecule has 156 valence electrons. The number of nitrogens with zero attached hydrogens (tertiary/aromatic N) is 5. The molecule has 0 aliphatic carbocycles. The van der Waals surface area contributed by atoms with Crippen LogP contribution in [-0.4, -0.2) is 38.7 Å². The first-order valence-electron chi connectivity index (χ1n) is 10.1. The molecule has 0 saturated carbocycles. The monoisotopic (exact) mass is 408 g/mol. The van der Waals surface area contributed by atoms with Crippen LogP contribution in [0.2, 0.25) is 0 Å². The lowest BCUT2D eigenvalue weighted by Crippen LogP contribution is -2.31. The first-order valence-corrected chi connectivity index (χ1v) is 10.1. The Morgan fingerprint density at radius 1 is 1.17 bits per heavy atom. The zero-order valence-electron chi connectivity index (χ0n) is 17.0. The van der Waals surface area contributed by atoms with Crippen molar-refractivity contribution in [3.05, 3.63) is 52.3 Å². The van der Waals surface area contributed by atoms with E-state index in [1.165, 1.54) is 12.1 Å². The van der Waals surface area contributed by atoms with E-state index in [-0.39, 0.29) is 11.7 Å². The number of nitro benzene ring substituents is 1. The number of anilines is 2. The fraction of sp³-hybridized carbons (Fsp3) is 0.381. The molecule has 1 aliphatic heterocycles. The maximum Gasteiger partial charge on any atom is 0.270 e. The zero-order valence-corrected chi connectivity index (χ0v) is 17.0. The summed E-state index contributed by atoms with van der Waals surface area (Å²) < 4.78 is 1.82. The van der Waals surface area contributed by atoms with Crippen LogP contribution in [0.5, 0.6) is 0 Å². The highest BCUT2D eigenvalue weighted by atomic mass is 16.6. The number of rotatable bonds is 5. The molecule has 1 fully saturated rings. The third-order valence-corrected chi connectivity index (χ3v) is 5.31. The van der Waals surface area contributed by atoms with Crippen LogP contribution in [-0.2, 0) is 0 Å². The molecule has 4 rings (SSSR count). The van der Waals surface area contributed by atoms with Crippen LogP contribution in [0.25, 0.3) is 11.0 Å². The molecule has 1 N–H and O–H groups in total. The van der Waals surface area contributed by atoms with E-state index in [1.54, 1.807) is 18.5 Å². The third kappa shape index (κ3) is 3.83. The normalized spacial score (nSPS) is 14.3. The van der Waals surface area contributed by atoms with E-state index >= 15 is 0 Å². The number of carbonyl (C=O) groups is 1. The van der Waals surface area contributed by atoms with Gasteiger partial charge in [-0.3, -0.25) is 14.9 Å². The van der Waals surface area contributed by atoms with Crippen molar-refractivity contribution < 1.29 is 9.72 Å². The second kappa shape index (κ2) is 8.10. The molecule has 3 aromatic rings. The number of pyridine rings is 1. The summed E-state index contributed by atoms with van der Waals surface area (Å²) in [5.74, 6) is -0.392. The molecule has 9 nitrogen and oxygen atoms in total. The van der Waals surface area contributed by atoms with Crippen LogP contribution in [0.3, 0.4) is 0 Å². The predicted molar refractivity (Wildman–Crippen MR) is 115 cm³/mol. The summed E-state index contributed by atoms with van der Waals surface area (Å²) >= 11 is 0. The lowest BCUT2D eigenvalue weighted by atomic mass is 10.1. The highest BCUT2D eigenvalue weighted by Gasteiger charge is 2.22. The van der Waals surface area contributed by atoms with E-state index < -0.39 is 10.8 Å². The Morgan fingerprint density at radius 3 is 2.63 bits per heavy atom. The number of hydrogen-bond donors (Lipinski definition) is 1. The summed E-state index contributed by atoms with van der Waals surface area (Å²) in [7, 11) is 0. The molecular weight excluding hydrogens is 384 g/mol. The molecule has 1 amide bonds. The van der Waals surface area contributed by atoms with Gasteiger partial charge in [0.1, 0.15) is 0 Å². The van der Waals surface area contributed by atoms with Crippen molar-refractivity contribution in [2.75, 3.05) is 23.3 Å². The number of piperidine rings is 1. The van der Waals surface area contributed by atoms with E-state index in [4.69, 9.17) is 0 Å². The minimum Gasteiger partial charge on any atom is -0.371 e. The van der Waals surface area contributed by atoms with Gasteiger partial charge in [-0.05, 0) is 45.2 Å². The van der Waals surface area contributed by atoms with Crippen LogP contribution >= 0.6 is 0 Å². The van der Waals surface area contributed by atoms with Crippen molar-refractivity contribution in [2.24, 2.45) is 0 Å². The highest BCUT2D eigenvalue weighted by molar-refractivity contribution is 6.09. The van der Waals surface area contributed by atoms with Crippen LogP contribution in [0.15, 0.2) is 36.7 Å². The van der Waals surface area contributed by atoms with Gasteiger partial charge in [0.25, 0.3) is 11.6 Å². The van der Waals surface area contributed by atoms with E-state index in [0.717, 1.165) is 49.1 Å². The average Bonchev–Trinajstić information content (AvgIpc) is 3.17. The van der Waals surface area contributed by atoms with Gasteiger partial charge < -0.3 is 10.2 Å². The lowest BCUT2D eigenvalue weighted by molar-refractivity contribution is -0.384. The van der Waals surface area contributed by atoms with Crippen molar-refractivity contribution in [2.45, 2.75) is 39.2 Å². The molecular formula is C21H24N6O3. The number of nitro groups is 1. The standard InChI is InChI=1S/C21H24N6O3/c1-14(2)26-20-15(12-23-26)10-16(13-22-20)24-21(28)18-11-17(27(29)30)6-7-19(18)25-8-4-3-5-9-25/h6-7,10-14H,3-5,8-9H2,1-2H3,(H,24,28). The molecule has 1 saturated heterocycles. The Kier molecular flexibility index (Phi) is 5.35. The Hall–Kier alpha value is -3.49. The minimum absolute atomic E-state index is 0.104. The number of hydrogen-bond acceptors (Lipinski definition) is 6. The average molecular weight is 408 g/mol. The van der Waals surface area contributed by atoms with Gasteiger partial charge in [0.15, 0.2) is 5.65 Å². The number of nitrogens with one attached hydrogen (secondary N) is 1. The number of aromatic nitrogens is 3. The van der Waals surface area contributed by atoms with Gasteiger partial charge in [0.2, 0.25) is 0 Å². The van der Waals surface area contributed by atoms with Gasteiger partial charge in [-0.1, -0.05) is 0 Å². The maximum atomic E-state index is 13.1. The molecule has 0 spiro atoms. The molecule has 1 aromatic carbocycles. The van der Waals surface area contributed by atoms with Crippen molar-refractivity contribution in [1.82, 2.24) is 14.8 Å². The Bertz CT molecular complexity index is 1100. The number of amides is 1. The van der Waals surface area contributed by atoms with E-state index in [1.807, 2.05) is 24.6 Å². The summed E-state index contributed by atoms with van der Waals surface area (Å²) in [6.07, 6.45) is 6.53. The number of non-ortho nitro benzene ring substituents is 1. The molecule has 30 heavy (non-hydrogen) atoms. The van der Waals surface area contributed by atoms with Crippen LogP contribution < -0.4 is 10.2 Å². The SMILES string of the molecule is CC(C)n1ncc2cc(NC(=O)c3cc([N+](=O)[O-])ccc3N3CCCCC3)cnc21. The quantitative estimate of drug-likeness (QED) is 0.502. The number of fused-ring (bicyclic) bond motifs is 1. The molecule has 0 radical (unpaired) electrons. The second-order valence-corrected chi connectivity index (χ2v) is 7.78. The zero-order chi connectivity index (χ0) is 21.3. The minimum atomic E-state index is -0.481. The molecule has 0 unspecified atom stereocenters. The summed E-state index contributed by atoms with van der Waals surface area (Å²) in [4.78, 5) is 30.4. The molecule has 0 atom stereocenters. The van der Waals surface area contributed by atoms with Gasteiger partial charge in [-0.2, -0.15) is 5.10 Å². The summed E-state index contributed by atoms with van der Waals surface area (Å²) in [5, 5.41) is 19.3. The molecule has 0 bridgehead atoms. The van der Waals surface area contributed by atoms with Crippen molar-refractivity contribution in [3.8, 4) is 0 Å². The highest BCUT2D eigenvalue weighted by Crippen LogP contribution is 2.29. The summed E-state index contributed by atoms with van der Waals surface area (Å²) in [5.41, 5.74) is 2.18. The van der Waals surface area contributed by atoms with Gasteiger partial charge in [0.05, 0.1) is 34.3 Å². The van der Waals surface area contributed by atoms with Gasteiger partial charge in [-0.25, -0.2) is 9.67 Å². The predicted octanol–water partition coefficient (Wildman–Crippen LogP) is 4.16. The first-order chi connectivity index (χ1) is 14.4. The first kappa shape index (κ1) is 19.8. The number of benzene rings is 1. The maximum absolute atomic E-state index is 13.1. The number of carbonyl (C=O) groups excluding carboxylic acids is 1. The molecule has 3 heterocycles. The molecule has 9 heteroatoms. The molecule has 1 aliphatic rings. The third-order valence-electron chi connectivity index (χ3n) is 5.31. The smallest absolute Gasteiger partial charge is 0.270 e. The van der Waals surface area contributed by atoms with Crippen molar-refractivity contribution in [1.29, 1.82) is 0 Å². The summed E-state index contributed by atoms with van der Waals surface area (Å²) in [6.45, 7) is 5.71. The van der Waals surface area contributed by atoms with Gasteiger partial charge in [0, 0.05) is 36.7 Å². The Balaban J connectivity index is 1.65. The fourth-order valence-corrected chi connectivity index (χ4v) is 3.81. The topological polar surface area (TPSA) is 106 Å². The van der Waals surface area contributed by atoms with Crippen LogP contribution in [0, 0.1) is 10.1 Å². The van der Waals surface area contributed by atoms with Gasteiger partial charge >= 0.3 is 0 Å².